The van der Waals surface area contributed by atoms with Crippen molar-refractivity contribution in [3.8, 4) is 0 Å². The first-order valence-electron chi connectivity index (χ1n) is 7.79. The predicted octanol–water partition coefficient (Wildman–Crippen LogP) is 4.21. The molecular formula is C17H25ClFNO. The molecule has 1 aliphatic rings. The van der Waals surface area contributed by atoms with E-state index in [9.17, 15) is 4.39 Å². The van der Waals surface area contributed by atoms with Crippen LogP contribution in [0, 0.1) is 11.2 Å². The van der Waals surface area contributed by atoms with Crippen molar-refractivity contribution in [1.82, 2.24) is 5.32 Å². The van der Waals surface area contributed by atoms with Crippen molar-refractivity contribution in [3.05, 3.63) is 34.6 Å². The van der Waals surface area contributed by atoms with Gasteiger partial charge in [-0.15, -0.1) is 0 Å². The lowest BCUT2D eigenvalue weighted by Gasteiger charge is -2.38. The van der Waals surface area contributed by atoms with Crippen LogP contribution in [0.1, 0.15) is 37.7 Å². The monoisotopic (exact) mass is 313 g/mol. The number of hydrogen-bond donors (Lipinski definition) is 1. The highest BCUT2D eigenvalue weighted by atomic mass is 35.5. The largest absolute Gasteiger partial charge is 0.383 e. The molecule has 1 fully saturated rings. The summed E-state index contributed by atoms with van der Waals surface area (Å²) in [4.78, 5) is 0. The van der Waals surface area contributed by atoms with E-state index in [0.29, 0.717) is 5.02 Å². The highest BCUT2D eigenvalue weighted by Gasteiger charge is 2.32. The maximum atomic E-state index is 13.5. The second-order valence-electron chi connectivity index (χ2n) is 6.14. The highest BCUT2D eigenvalue weighted by Crippen LogP contribution is 2.40. The molecule has 0 atom stereocenters. The van der Waals surface area contributed by atoms with E-state index in [2.05, 4.69) is 5.32 Å². The molecule has 0 saturated heterocycles. The van der Waals surface area contributed by atoms with E-state index in [0.717, 1.165) is 31.7 Å². The van der Waals surface area contributed by atoms with Gasteiger partial charge in [-0.2, -0.15) is 0 Å². The molecule has 0 unspecified atom stereocenters. The van der Waals surface area contributed by atoms with Crippen LogP contribution < -0.4 is 5.32 Å². The van der Waals surface area contributed by atoms with Gasteiger partial charge < -0.3 is 10.1 Å². The van der Waals surface area contributed by atoms with Gasteiger partial charge in [-0.1, -0.05) is 30.9 Å². The van der Waals surface area contributed by atoms with Gasteiger partial charge in [0.05, 0.1) is 6.61 Å². The minimum absolute atomic E-state index is 0.198. The molecule has 0 aromatic heterocycles. The lowest BCUT2D eigenvalue weighted by molar-refractivity contribution is 0.162. The van der Waals surface area contributed by atoms with Crippen molar-refractivity contribution >= 4 is 11.6 Å². The number of hydrogen-bond acceptors (Lipinski definition) is 2. The van der Waals surface area contributed by atoms with Gasteiger partial charge in [-0.05, 0) is 48.4 Å². The van der Waals surface area contributed by atoms with Gasteiger partial charge >= 0.3 is 0 Å². The maximum Gasteiger partial charge on any atom is 0.123 e. The smallest absolute Gasteiger partial charge is 0.123 e. The maximum absolute atomic E-state index is 13.5. The molecule has 1 N–H and O–H groups in total. The van der Waals surface area contributed by atoms with Crippen LogP contribution in [0.15, 0.2) is 18.2 Å². The standard InChI is InChI=1S/C17H25ClFNO/c1-21-10-9-20-13-17(7-3-2-4-8-17)12-14-11-15(19)5-6-16(14)18/h5-6,11,20H,2-4,7-10,12-13H2,1H3. The van der Waals surface area contributed by atoms with Gasteiger partial charge in [-0.3, -0.25) is 0 Å². The van der Waals surface area contributed by atoms with Crippen molar-refractivity contribution in [3.63, 3.8) is 0 Å². The zero-order valence-electron chi connectivity index (χ0n) is 12.8. The molecule has 1 aromatic carbocycles. The number of nitrogens with one attached hydrogen (secondary N) is 1. The van der Waals surface area contributed by atoms with Gasteiger partial charge in [0.25, 0.3) is 0 Å². The van der Waals surface area contributed by atoms with Gasteiger partial charge in [-0.25, -0.2) is 4.39 Å². The van der Waals surface area contributed by atoms with E-state index in [4.69, 9.17) is 16.3 Å². The summed E-state index contributed by atoms with van der Waals surface area (Å²) >= 11 is 6.25. The van der Waals surface area contributed by atoms with Gasteiger partial charge in [0.2, 0.25) is 0 Å². The molecule has 0 heterocycles. The molecule has 1 aliphatic carbocycles. The number of rotatable bonds is 7. The third-order valence-electron chi connectivity index (χ3n) is 4.47. The molecule has 0 amide bonds. The zero-order valence-corrected chi connectivity index (χ0v) is 13.5. The third-order valence-corrected chi connectivity index (χ3v) is 4.84. The molecule has 21 heavy (non-hydrogen) atoms. The van der Waals surface area contributed by atoms with Crippen LogP contribution in [0.4, 0.5) is 4.39 Å². The summed E-state index contributed by atoms with van der Waals surface area (Å²) in [6.07, 6.45) is 7.01. The Balaban J connectivity index is 2.06. The Morgan fingerprint density at radius 3 is 2.76 bits per heavy atom. The average molecular weight is 314 g/mol. The van der Waals surface area contributed by atoms with Crippen molar-refractivity contribution < 1.29 is 9.13 Å². The lowest BCUT2D eigenvalue weighted by atomic mass is 9.70. The van der Waals surface area contributed by atoms with Crippen LogP contribution in [0.3, 0.4) is 0 Å². The first-order chi connectivity index (χ1) is 10.2. The van der Waals surface area contributed by atoms with E-state index in [1.807, 2.05) is 0 Å². The summed E-state index contributed by atoms with van der Waals surface area (Å²) in [5.74, 6) is -0.201. The SMILES string of the molecule is COCCNCC1(Cc2cc(F)ccc2Cl)CCCCC1. The molecule has 4 heteroatoms. The quantitative estimate of drug-likeness (QED) is 0.761. The third kappa shape index (κ3) is 4.94. The number of ether oxygens (including phenoxy) is 1. The summed E-state index contributed by atoms with van der Waals surface area (Å²) in [7, 11) is 1.71. The van der Waals surface area contributed by atoms with Gasteiger partial charge in [0.15, 0.2) is 0 Å². The summed E-state index contributed by atoms with van der Waals surface area (Å²) in [5.41, 5.74) is 1.13. The van der Waals surface area contributed by atoms with Gasteiger partial charge in [0, 0.05) is 25.2 Å². The topological polar surface area (TPSA) is 21.3 Å². The second-order valence-corrected chi connectivity index (χ2v) is 6.55. The minimum atomic E-state index is -0.201. The predicted molar refractivity (Wildman–Crippen MR) is 85.4 cm³/mol. The molecule has 0 aliphatic heterocycles. The highest BCUT2D eigenvalue weighted by molar-refractivity contribution is 6.31. The summed E-state index contributed by atoms with van der Waals surface area (Å²) in [5, 5.41) is 4.17. The van der Waals surface area contributed by atoms with E-state index in [1.165, 1.54) is 38.2 Å². The molecule has 2 nitrogen and oxygen atoms in total. The summed E-state index contributed by atoms with van der Waals surface area (Å²) in [6.45, 7) is 2.52. The molecule has 0 bridgehead atoms. The van der Waals surface area contributed by atoms with Crippen molar-refractivity contribution in [1.29, 1.82) is 0 Å². The van der Waals surface area contributed by atoms with E-state index in [1.54, 1.807) is 19.2 Å². The fourth-order valence-electron chi connectivity index (χ4n) is 3.33. The zero-order chi connectivity index (χ0) is 15.1. The Bertz CT molecular complexity index is 446. The first-order valence-corrected chi connectivity index (χ1v) is 8.17. The number of benzene rings is 1. The Morgan fingerprint density at radius 1 is 1.29 bits per heavy atom. The molecule has 1 saturated carbocycles. The van der Waals surface area contributed by atoms with Gasteiger partial charge in [0.1, 0.15) is 5.82 Å². The molecule has 1 aromatic rings. The second kappa shape index (κ2) is 8.11. The fraction of sp³-hybridized carbons (Fsp3) is 0.647. The molecule has 118 valence electrons. The van der Waals surface area contributed by atoms with Crippen LogP contribution in [0.5, 0.6) is 0 Å². The van der Waals surface area contributed by atoms with E-state index >= 15 is 0 Å². The van der Waals surface area contributed by atoms with Crippen LogP contribution >= 0.6 is 11.6 Å². The Labute approximate surface area is 132 Å². The van der Waals surface area contributed by atoms with E-state index in [-0.39, 0.29) is 11.2 Å². The van der Waals surface area contributed by atoms with Crippen molar-refractivity contribution in [2.45, 2.75) is 38.5 Å². The molecule has 0 radical (unpaired) electrons. The first kappa shape index (κ1) is 16.7. The molecule has 0 spiro atoms. The van der Waals surface area contributed by atoms with E-state index < -0.39 is 0 Å². The fourth-order valence-corrected chi connectivity index (χ4v) is 3.51. The normalized spacial score (nSPS) is 17.9. The van der Waals surface area contributed by atoms with Crippen LogP contribution in [0.25, 0.3) is 0 Å². The van der Waals surface area contributed by atoms with Crippen molar-refractivity contribution in [2.24, 2.45) is 5.41 Å². The summed E-state index contributed by atoms with van der Waals surface area (Å²) < 4.78 is 18.6. The Hall–Kier alpha value is -0.640. The number of methoxy groups -OCH3 is 1. The van der Waals surface area contributed by atoms with Crippen LogP contribution in [-0.4, -0.2) is 26.8 Å². The lowest BCUT2D eigenvalue weighted by Crippen LogP contribution is -2.39. The minimum Gasteiger partial charge on any atom is -0.383 e. The summed E-state index contributed by atoms with van der Waals surface area (Å²) in [6, 6.07) is 4.69. The molecule has 2 rings (SSSR count). The van der Waals surface area contributed by atoms with Crippen molar-refractivity contribution in [2.75, 3.05) is 26.8 Å². The average Bonchev–Trinajstić information content (AvgIpc) is 2.49. The molecular weight excluding hydrogens is 289 g/mol. The Morgan fingerprint density at radius 2 is 2.05 bits per heavy atom. The van der Waals surface area contributed by atoms with Crippen LogP contribution in [-0.2, 0) is 11.2 Å². The number of halogens is 2. The Kier molecular flexibility index (Phi) is 6.46. The van der Waals surface area contributed by atoms with Crippen LogP contribution in [0.2, 0.25) is 5.02 Å².